The first-order valence-electron chi connectivity index (χ1n) is 11.9. The standard InChI is InChI=1S/C24H34N2O10S/c1-14-15-12-16(21(25)27)19(15)22(28)26(14)36-37(30,31)35-13-24(2,3)10-7-11-34-23(29)20-17(32-4)8-6-9-18(20)33-5/h6,8-9,14-16,19H,7,10-13H2,1-5H3,(H2,25,27)/t14-,15-,16+,19?/m0/s1. The molecule has 37 heavy (non-hydrogen) atoms. The Morgan fingerprint density at radius 2 is 1.78 bits per heavy atom. The predicted molar refractivity (Wildman–Crippen MR) is 129 cm³/mol. The van der Waals surface area contributed by atoms with Gasteiger partial charge in [0, 0.05) is 0 Å². The van der Waals surface area contributed by atoms with Crippen molar-refractivity contribution in [1.82, 2.24) is 5.06 Å². The summed E-state index contributed by atoms with van der Waals surface area (Å²) in [5.74, 6) is -2.61. The number of hydroxylamine groups is 2. The number of nitrogens with zero attached hydrogens (tertiary/aromatic N) is 1. The molecule has 206 valence electrons. The second-order valence-corrected chi connectivity index (χ2v) is 11.2. The van der Waals surface area contributed by atoms with Gasteiger partial charge in [-0.15, -0.1) is 4.28 Å². The molecule has 0 spiro atoms. The molecule has 1 heterocycles. The average molecular weight is 543 g/mol. The van der Waals surface area contributed by atoms with Crippen LogP contribution in [0.1, 0.15) is 50.4 Å². The van der Waals surface area contributed by atoms with E-state index in [1.54, 1.807) is 39.0 Å². The summed E-state index contributed by atoms with van der Waals surface area (Å²) in [6, 6.07) is 4.41. The third-order valence-corrected chi connectivity index (χ3v) is 7.66. The number of benzene rings is 1. The van der Waals surface area contributed by atoms with Crippen LogP contribution >= 0.6 is 0 Å². The fourth-order valence-electron chi connectivity index (χ4n) is 4.72. The molecule has 0 bridgehead atoms. The molecule has 3 rings (SSSR count). The number of esters is 1. The molecule has 0 aromatic heterocycles. The Bertz CT molecular complexity index is 1110. The van der Waals surface area contributed by atoms with Crippen molar-refractivity contribution in [2.45, 2.75) is 46.1 Å². The zero-order valence-corrected chi connectivity index (χ0v) is 22.4. The summed E-state index contributed by atoms with van der Waals surface area (Å²) in [7, 11) is -1.66. The Labute approximate surface area is 216 Å². The zero-order valence-electron chi connectivity index (χ0n) is 21.6. The van der Waals surface area contributed by atoms with E-state index >= 15 is 0 Å². The van der Waals surface area contributed by atoms with Crippen LogP contribution in [-0.2, 0) is 33.2 Å². The lowest BCUT2D eigenvalue weighted by molar-refractivity contribution is -0.160. The smallest absolute Gasteiger partial charge is 0.421 e. The number of ether oxygens (including phenoxy) is 3. The number of nitrogens with two attached hydrogens (primary N) is 1. The molecule has 2 fully saturated rings. The first-order chi connectivity index (χ1) is 17.3. The molecule has 1 aliphatic carbocycles. The molecule has 1 aromatic rings. The van der Waals surface area contributed by atoms with E-state index in [9.17, 15) is 22.8 Å². The second kappa shape index (κ2) is 11.2. The van der Waals surface area contributed by atoms with E-state index in [2.05, 4.69) is 0 Å². The minimum Gasteiger partial charge on any atom is -0.496 e. The van der Waals surface area contributed by atoms with Crippen molar-refractivity contribution in [1.29, 1.82) is 0 Å². The van der Waals surface area contributed by atoms with Gasteiger partial charge >= 0.3 is 16.4 Å². The van der Waals surface area contributed by atoms with Crippen LogP contribution < -0.4 is 15.2 Å². The van der Waals surface area contributed by atoms with Gasteiger partial charge < -0.3 is 19.9 Å². The van der Waals surface area contributed by atoms with E-state index in [0.717, 1.165) is 5.06 Å². The highest BCUT2D eigenvalue weighted by Crippen LogP contribution is 2.50. The van der Waals surface area contributed by atoms with Crippen LogP contribution in [0.5, 0.6) is 11.5 Å². The van der Waals surface area contributed by atoms with E-state index < -0.39 is 51.5 Å². The molecular formula is C24H34N2O10S. The number of carbonyl (C=O) groups is 3. The van der Waals surface area contributed by atoms with Gasteiger partial charge in [0.2, 0.25) is 5.91 Å². The van der Waals surface area contributed by atoms with Gasteiger partial charge in [-0.25, -0.2) is 8.98 Å². The lowest BCUT2D eigenvalue weighted by Crippen LogP contribution is -2.46. The molecule has 0 radical (unpaired) electrons. The number of fused-ring (bicyclic) bond motifs is 1. The predicted octanol–water partition coefficient (Wildman–Crippen LogP) is 1.83. The van der Waals surface area contributed by atoms with Crippen molar-refractivity contribution in [2.75, 3.05) is 27.4 Å². The highest BCUT2D eigenvalue weighted by Gasteiger charge is 2.60. The van der Waals surface area contributed by atoms with Crippen molar-refractivity contribution in [3.05, 3.63) is 23.8 Å². The number of carbonyl (C=O) groups excluding carboxylic acids is 3. The van der Waals surface area contributed by atoms with Crippen LogP contribution in [-0.4, -0.2) is 64.7 Å². The first-order valence-corrected chi connectivity index (χ1v) is 13.2. The highest BCUT2D eigenvalue weighted by molar-refractivity contribution is 7.81. The van der Waals surface area contributed by atoms with Gasteiger partial charge in [0.1, 0.15) is 17.1 Å². The third kappa shape index (κ3) is 6.33. The zero-order chi connectivity index (χ0) is 27.5. The largest absolute Gasteiger partial charge is 0.496 e. The Morgan fingerprint density at radius 3 is 2.35 bits per heavy atom. The number of primary amides is 1. The molecule has 13 heteroatoms. The van der Waals surface area contributed by atoms with E-state index in [-0.39, 0.29) is 24.7 Å². The maximum Gasteiger partial charge on any atom is 0.421 e. The monoisotopic (exact) mass is 542 g/mol. The Hall–Kier alpha value is -2.90. The van der Waals surface area contributed by atoms with Gasteiger partial charge in [0.15, 0.2) is 0 Å². The molecule has 12 nitrogen and oxygen atoms in total. The molecule has 2 aliphatic rings. The number of rotatable bonds is 13. The SMILES string of the molecule is COc1cccc(OC)c1C(=O)OCCCC(C)(C)COS(=O)(=O)ON1C(=O)C2[C@@H](C[C@H]2C(N)=O)[C@@H]1C. The summed E-state index contributed by atoms with van der Waals surface area (Å²) in [6.45, 7) is 5.08. The maximum atomic E-state index is 12.6. The third-order valence-electron chi connectivity index (χ3n) is 6.91. The summed E-state index contributed by atoms with van der Waals surface area (Å²) in [4.78, 5) is 36.6. The molecule has 1 aromatic carbocycles. The lowest BCUT2D eigenvalue weighted by Gasteiger charge is -2.36. The lowest BCUT2D eigenvalue weighted by atomic mass is 9.64. The van der Waals surface area contributed by atoms with Crippen molar-refractivity contribution in [3.63, 3.8) is 0 Å². The van der Waals surface area contributed by atoms with E-state index in [1.165, 1.54) is 14.2 Å². The minimum atomic E-state index is -4.54. The number of hydrogen-bond donors (Lipinski definition) is 1. The van der Waals surface area contributed by atoms with E-state index in [1.807, 2.05) is 0 Å². The van der Waals surface area contributed by atoms with E-state index in [4.69, 9.17) is 28.4 Å². The van der Waals surface area contributed by atoms with Gasteiger partial charge in [-0.2, -0.15) is 13.5 Å². The van der Waals surface area contributed by atoms with Gasteiger partial charge in [0.25, 0.3) is 5.91 Å². The van der Waals surface area contributed by atoms with Crippen LogP contribution in [0, 0.1) is 23.2 Å². The van der Waals surface area contributed by atoms with E-state index in [0.29, 0.717) is 30.8 Å². The second-order valence-electron chi connectivity index (χ2n) is 10.0. The van der Waals surface area contributed by atoms with Crippen molar-refractivity contribution >= 4 is 28.2 Å². The molecule has 2 N–H and O–H groups in total. The Morgan fingerprint density at radius 1 is 1.16 bits per heavy atom. The molecule has 1 aliphatic heterocycles. The molecule has 2 amide bonds. The molecule has 1 saturated carbocycles. The Kier molecular flexibility index (Phi) is 8.70. The first kappa shape index (κ1) is 28.7. The van der Waals surface area contributed by atoms with Gasteiger partial charge in [-0.1, -0.05) is 19.9 Å². The van der Waals surface area contributed by atoms with Crippen LogP contribution in [0.3, 0.4) is 0 Å². The van der Waals surface area contributed by atoms with Crippen molar-refractivity contribution < 1.29 is 45.5 Å². The summed E-state index contributed by atoms with van der Waals surface area (Å²) in [6.07, 6.45) is 1.30. The molecule has 1 saturated heterocycles. The Balaban J connectivity index is 1.47. The average Bonchev–Trinajstić information content (AvgIpc) is 2.98. The number of amides is 2. The number of hydrogen-bond acceptors (Lipinski definition) is 10. The fraction of sp³-hybridized carbons (Fsp3) is 0.625. The fourth-order valence-corrected chi connectivity index (χ4v) is 5.64. The minimum absolute atomic E-state index is 0.0797. The molecule has 4 atom stereocenters. The molecular weight excluding hydrogens is 508 g/mol. The normalized spacial score (nSPS) is 23.3. The van der Waals surface area contributed by atoms with Gasteiger partial charge in [-0.05, 0) is 49.7 Å². The number of methoxy groups -OCH3 is 2. The topological polar surface area (TPSA) is 161 Å². The van der Waals surface area contributed by atoms with Crippen LogP contribution in [0.2, 0.25) is 0 Å². The summed E-state index contributed by atoms with van der Waals surface area (Å²) < 4.78 is 50.7. The summed E-state index contributed by atoms with van der Waals surface area (Å²) in [5.41, 5.74) is 4.88. The summed E-state index contributed by atoms with van der Waals surface area (Å²) in [5, 5.41) is 0.770. The van der Waals surface area contributed by atoms with Crippen LogP contribution in [0.4, 0.5) is 0 Å². The maximum absolute atomic E-state index is 12.6. The summed E-state index contributed by atoms with van der Waals surface area (Å²) >= 11 is 0. The van der Waals surface area contributed by atoms with Crippen LogP contribution in [0.15, 0.2) is 18.2 Å². The van der Waals surface area contributed by atoms with Crippen molar-refractivity contribution in [2.24, 2.45) is 28.9 Å². The van der Waals surface area contributed by atoms with Crippen LogP contribution in [0.25, 0.3) is 0 Å². The van der Waals surface area contributed by atoms with Crippen molar-refractivity contribution in [3.8, 4) is 11.5 Å². The molecule has 1 unspecified atom stereocenters. The highest BCUT2D eigenvalue weighted by atomic mass is 32.3. The van der Waals surface area contributed by atoms with Gasteiger partial charge in [0.05, 0.1) is 45.3 Å². The van der Waals surface area contributed by atoms with Gasteiger partial charge in [-0.3, -0.25) is 9.59 Å². The quantitative estimate of drug-likeness (QED) is 0.288.